The van der Waals surface area contributed by atoms with Crippen LogP contribution >= 0.6 is 12.4 Å². The summed E-state index contributed by atoms with van der Waals surface area (Å²) in [5.41, 5.74) is 0.382. The van der Waals surface area contributed by atoms with Gasteiger partial charge in [0.15, 0.2) is 0 Å². The summed E-state index contributed by atoms with van der Waals surface area (Å²) in [6, 6.07) is 0. The van der Waals surface area contributed by atoms with E-state index in [-0.39, 0.29) is 24.9 Å². The highest BCUT2D eigenvalue weighted by atomic mass is 35.5. The molecule has 0 saturated heterocycles. The van der Waals surface area contributed by atoms with Crippen LogP contribution in [-0.4, -0.2) is 43.8 Å². The number of hydrogen-bond acceptors (Lipinski definition) is 4. The van der Waals surface area contributed by atoms with E-state index in [4.69, 9.17) is 9.84 Å². The molecule has 1 aliphatic rings. The number of nitrogens with zero attached hydrogens (tertiary/aromatic N) is 3. The molecule has 0 aromatic carbocycles. The van der Waals surface area contributed by atoms with E-state index in [9.17, 15) is 9.59 Å². The zero-order chi connectivity index (χ0) is 15.6. The van der Waals surface area contributed by atoms with Crippen LogP contribution in [-0.2, 0) is 29.0 Å². The fraction of sp³-hybridized carbons (Fsp3) is 0.643. The minimum absolute atomic E-state index is 0. The maximum Gasteiger partial charge on any atom is 0.410 e. The fourth-order valence-corrected chi connectivity index (χ4v) is 2.24. The lowest BCUT2D eigenvalue weighted by Gasteiger charge is -2.30. The van der Waals surface area contributed by atoms with Gasteiger partial charge in [-0.3, -0.25) is 9.69 Å². The summed E-state index contributed by atoms with van der Waals surface area (Å²) in [5.74, 6) is -0.0516. The van der Waals surface area contributed by atoms with Gasteiger partial charge in [-0.15, -0.1) is 12.4 Å². The van der Waals surface area contributed by atoms with Crippen LogP contribution < -0.4 is 0 Å². The smallest absolute Gasteiger partial charge is 0.410 e. The summed E-state index contributed by atoms with van der Waals surface area (Å²) in [6.07, 6.45) is 1.89. The minimum atomic E-state index is -0.822. The number of imidazole rings is 1. The first-order valence-corrected chi connectivity index (χ1v) is 6.99. The summed E-state index contributed by atoms with van der Waals surface area (Å²) in [4.78, 5) is 28.6. The summed E-state index contributed by atoms with van der Waals surface area (Å²) in [6.45, 7) is 7.04. The Balaban J connectivity index is 0.00000242. The van der Waals surface area contributed by atoms with Crippen LogP contribution in [0.25, 0.3) is 0 Å². The van der Waals surface area contributed by atoms with E-state index in [0.717, 1.165) is 11.5 Å². The number of carbonyl (C=O) groups excluding carboxylic acids is 1. The first kappa shape index (κ1) is 18.3. The molecule has 0 atom stereocenters. The second-order valence-electron chi connectivity index (χ2n) is 6.11. The van der Waals surface area contributed by atoms with Crippen LogP contribution in [0.4, 0.5) is 4.79 Å². The van der Waals surface area contributed by atoms with E-state index in [1.54, 1.807) is 11.1 Å². The maximum absolute atomic E-state index is 12.0. The molecule has 8 heteroatoms. The lowest BCUT2D eigenvalue weighted by atomic mass is 10.2. The van der Waals surface area contributed by atoms with Gasteiger partial charge in [0.1, 0.15) is 11.4 Å². The minimum Gasteiger partial charge on any atom is -0.481 e. The third-order valence-electron chi connectivity index (χ3n) is 3.19. The van der Waals surface area contributed by atoms with Crippen molar-refractivity contribution in [2.24, 2.45) is 0 Å². The van der Waals surface area contributed by atoms with Crippen LogP contribution in [0.5, 0.6) is 0 Å². The molecule has 0 radical (unpaired) electrons. The predicted octanol–water partition coefficient (Wildman–Crippen LogP) is 2.07. The standard InChI is InChI=1S/C14H21N3O4.ClH/c1-14(2,3)21-13(20)16-6-7-17-10(4-5-12(18)19)8-15-11(17)9-16;/h8H,4-7,9H2,1-3H3,(H,18,19);1H. The van der Waals surface area contributed by atoms with Gasteiger partial charge in [0.25, 0.3) is 0 Å². The van der Waals surface area contributed by atoms with E-state index in [1.807, 2.05) is 25.3 Å². The molecule has 1 aromatic rings. The summed E-state index contributed by atoms with van der Waals surface area (Å²) in [5, 5.41) is 8.74. The Morgan fingerprint density at radius 2 is 2.05 bits per heavy atom. The highest BCUT2D eigenvalue weighted by Crippen LogP contribution is 2.18. The molecular weight excluding hydrogens is 310 g/mol. The average molecular weight is 332 g/mol. The van der Waals surface area contributed by atoms with Crippen molar-refractivity contribution in [3.05, 3.63) is 17.7 Å². The summed E-state index contributed by atoms with van der Waals surface area (Å²) < 4.78 is 7.34. The largest absolute Gasteiger partial charge is 0.481 e. The van der Waals surface area contributed by atoms with Gasteiger partial charge in [0.2, 0.25) is 0 Å². The molecular formula is C14H22ClN3O4. The van der Waals surface area contributed by atoms with Gasteiger partial charge in [-0.1, -0.05) is 0 Å². The second kappa shape index (κ2) is 7.00. The number of aliphatic carboxylic acids is 1. The highest BCUT2D eigenvalue weighted by Gasteiger charge is 2.27. The van der Waals surface area contributed by atoms with Gasteiger partial charge in [-0.25, -0.2) is 9.78 Å². The molecule has 22 heavy (non-hydrogen) atoms. The molecule has 0 unspecified atom stereocenters. The fourth-order valence-electron chi connectivity index (χ4n) is 2.24. The molecule has 0 saturated carbocycles. The monoisotopic (exact) mass is 331 g/mol. The van der Waals surface area contributed by atoms with Gasteiger partial charge < -0.3 is 14.4 Å². The molecule has 2 heterocycles. The van der Waals surface area contributed by atoms with E-state index >= 15 is 0 Å². The zero-order valence-corrected chi connectivity index (χ0v) is 13.9. The number of aryl methyl sites for hydroxylation is 1. The zero-order valence-electron chi connectivity index (χ0n) is 13.0. The topological polar surface area (TPSA) is 84.7 Å². The van der Waals surface area contributed by atoms with Crippen molar-refractivity contribution in [2.75, 3.05) is 6.54 Å². The highest BCUT2D eigenvalue weighted by molar-refractivity contribution is 5.85. The molecule has 1 aliphatic heterocycles. The quantitative estimate of drug-likeness (QED) is 0.916. The Morgan fingerprint density at radius 3 is 2.64 bits per heavy atom. The Labute approximate surface area is 135 Å². The lowest BCUT2D eigenvalue weighted by Crippen LogP contribution is -2.41. The number of hydrogen-bond donors (Lipinski definition) is 1. The van der Waals surface area contributed by atoms with Gasteiger partial charge in [-0.2, -0.15) is 0 Å². The average Bonchev–Trinajstić information content (AvgIpc) is 2.76. The molecule has 1 N–H and O–H groups in total. The summed E-state index contributed by atoms with van der Waals surface area (Å²) in [7, 11) is 0. The first-order chi connectivity index (χ1) is 9.76. The number of ether oxygens (including phenoxy) is 1. The molecule has 0 spiro atoms. The van der Waals surface area contributed by atoms with Crippen molar-refractivity contribution in [2.45, 2.75) is 52.3 Å². The Morgan fingerprint density at radius 1 is 1.36 bits per heavy atom. The number of aromatic nitrogens is 2. The van der Waals surface area contributed by atoms with Crippen LogP contribution in [0.15, 0.2) is 6.20 Å². The molecule has 0 fully saturated rings. The van der Waals surface area contributed by atoms with E-state index in [0.29, 0.717) is 26.1 Å². The number of halogens is 1. The van der Waals surface area contributed by atoms with Crippen molar-refractivity contribution in [3.63, 3.8) is 0 Å². The molecule has 0 aliphatic carbocycles. The van der Waals surface area contributed by atoms with Crippen molar-refractivity contribution < 1.29 is 19.4 Å². The number of amides is 1. The molecule has 124 valence electrons. The second-order valence-corrected chi connectivity index (χ2v) is 6.11. The molecule has 1 amide bonds. The SMILES string of the molecule is CC(C)(C)OC(=O)N1CCn2c(CCC(=O)O)cnc2C1.Cl. The van der Waals surface area contributed by atoms with Crippen molar-refractivity contribution >= 4 is 24.5 Å². The third-order valence-corrected chi connectivity index (χ3v) is 3.19. The third kappa shape index (κ3) is 4.62. The number of rotatable bonds is 3. The lowest BCUT2D eigenvalue weighted by molar-refractivity contribution is -0.137. The molecule has 1 aromatic heterocycles. The van der Waals surface area contributed by atoms with Gasteiger partial charge in [0, 0.05) is 25.0 Å². The van der Waals surface area contributed by atoms with Crippen molar-refractivity contribution in [1.82, 2.24) is 14.5 Å². The maximum atomic E-state index is 12.0. The summed E-state index contributed by atoms with van der Waals surface area (Å²) >= 11 is 0. The van der Waals surface area contributed by atoms with E-state index < -0.39 is 11.6 Å². The van der Waals surface area contributed by atoms with Crippen LogP contribution in [0, 0.1) is 0 Å². The normalized spacial score (nSPS) is 14.0. The predicted molar refractivity (Wildman–Crippen MR) is 82.1 cm³/mol. The van der Waals surface area contributed by atoms with E-state index in [2.05, 4.69) is 4.98 Å². The Kier molecular flexibility index (Phi) is 5.82. The molecule has 2 rings (SSSR count). The number of carboxylic acids is 1. The van der Waals surface area contributed by atoms with Crippen molar-refractivity contribution in [1.29, 1.82) is 0 Å². The van der Waals surface area contributed by atoms with Crippen LogP contribution in [0.1, 0.15) is 38.7 Å². The first-order valence-electron chi connectivity index (χ1n) is 6.99. The number of carboxylic acid groups (broad SMARTS) is 1. The van der Waals surface area contributed by atoms with E-state index in [1.165, 1.54) is 0 Å². The molecule has 7 nitrogen and oxygen atoms in total. The Hall–Kier alpha value is -1.76. The Bertz CT molecular complexity index is 551. The van der Waals surface area contributed by atoms with Crippen LogP contribution in [0.2, 0.25) is 0 Å². The van der Waals surface area contributed by atoms with Crippen LogP contribution in [0.3, 0.4) is 0 Å². The van der Waals surface area contributed by atoms with Crippen molar-refractivity contribution in [3.8, 4) is 0 Å². The number of carbonyl (C=O) groups is 2. The van der Waals surface area contributed by atoms with Gasteiger partial charge in [0.05, 0.1) is 13.0 Å². The number of fused-ring (bicyclic) bond motifs is 1. The van der Waals surface area contributed by atoms with Gasteiger partial charge in [-0.05, 0) is 27.2 Å². The van der Waals surface area contributed by atoms with Gasteiger partial charge >= 0.3 is 12.1 Å². The molecule has 0 bridgehead atoms.